The lowest BCUT2D eigenvalue weighted by atomic mass is 9.66. The minimum Gasteiger partial charge on any atom is -0.465 e. The highest BCUT2D eigenvalue weighted by atomic mass is 32.1. The molecular formula is C21H29N3O2S. The normalized spacial score (nSPS) is 23.0. The van der Waals surface area contributed by atoms with Crippen molar-refractivity contribution in [1.82, 2.24) is 4.90 Å². The SMILES string of the molecule is Cc1c(N(C2=NCN(C(=O)O)C=C2)C2CC2)sc2c1C(C)(C)CCC2(C)C. The van der Waals surface area contributed by atoms with Gasteiger partial charge in [0.25, 0.3) is 0 Å². The zero-order valence-corrected chi connectivity index (χ0v) is 17.7. The summed E-state index contributed by atoms with van der Waals surface area (Å²) >= 11 is 1.93. The molecule has 0 atom stereocenters. The molecule has 1 aliphatic heterocycles. The first-order valence-corrected chi connectivity index (χ1v) is 10.6. The molecular weight excluding hydrogens is 358 g/mol. The van der Waals surface area contributed by atoms with Crippen LogP contribution >= 0.6 is 11.3 Å². The van der Waals surface area contributed by atoms with Gasteiger partial charge in [0.05, 0.1) is 0 Å². The van der Waals surface area contributed by atoms with E-state index in [4.69, 9.17) is 5.11 Å². The van der Waals surface area contributed by atoms with Crippen LogP contribution in [0.15, 0.2) is 17.3 Å². The second-order valence-electron chi connectivity index (χ2n) is 9.33. The van der Waals surface area contributed by atoms with Gasteiger partial charge in [-0.25, -0.2) is 9.79 Å². The Bertz CT molecular complexity index is 846. The molecule has 146 valence electrons. The van der Waals surface area contributed by atoms with Gasteiger partial charge in [-0.1, -0.05) is 27.7 Å². The summed E-state index contributed by atoms with van der Waals surface area (Å²) in [4.78, 5) is 20.9. The first kappa shape index (κ1) is 18.5. The summed E-state index contributed by atoms with van der Waals surface area (Å²) in [5.41, 5.74) is 3.31. The van der Waals surface area contributed by atoms with E-state index < -0.39 is 6.09 Å². The molecule has 0 saturated heterocycles. The number of thiophene rings is 1. The van der Waals surface area contributed by atoms with Gasteiger partial charge >= 0.3 is 6.09 Å². The standard InChI is InChI=1S/C21H29N3O2S/c1-13-16-17(21(4,5)10-9-20(16,2)3)27-18(13)24(14-6-7-14)15-8-11-23(12-22-15)19(25)26/h8,11,14H,6-7,9-10,12H2,1-5H3,(H,25,26). The summed E-state index contributed by atoms with van der Waals surface area (Å²) in [6, 6.07) is 0.481. The first-order chi connectivity index (χ1) is 12.6. The lowest BCUT2D eigenvalue weighted by molar-refractivity contribution is 0.163. The van der Waals surface area contributed by atoms with Gasteiger partial charge in [-0.2, -0.15) is 0 Å². The maximum Gasteiger partial charge on any atom is 0.412 e. The van der Waals surface area contributed by atoms with Crippen molar-refractivity contribution in [3.8, 4) is 0 Å². The number of hydrogen-bond acceptors (Lipinski definition) is 4. The van der Waals surface area contributed by atoms with Crippen LogP contribution < -0.4 is 4.90 Å². The molecule has 0 unspecified atom stereocenters. The Morgan fingerprint density at radius 3 is 2.44 bits per heavy atom. The van der Waals surface area contributed by atoms with Crippen LogP contribution in [0.3, 0.4) is 0 Å². The summed E-state index contributed by atoms with van der Waals surface area (Å²) in [7, 11) is 0. The second kappa shape index (κ2) is 6.09. The zero-order chi connectivity index (χ0) is 19.6. The molecule has 3 aliphatic rings. The van der Waals surface area contributed by atoms with Gasteiger partial charge < -0.3 is 10.0 Å². The van der Waals surface area contributed by atoms with Crippen LogP contribution in [0, 0.1) is 6.92 Å². The van der Waals surface area contributed by atoms with Crippen molar-refractivity contribution in [2.45, 2.75) is 77.2 Å². The van der Waals surface area contributed by atoms with E-state index in [0.717, 1.165) is 5.84 Å². The second-order valence-corrected chi connectivity index (χ2v) is 10.3. The third-order valence-electron chi connectivity index (χ3n) is 6.20. The Kier molecular flexibility index (Phi) is 4.18. The van der Waals surface area contributed by atoms with E-state index in [1.54, 1.807) is 6.20 Å². The van der Waals surface area contributed by atoms with Gasteiger partial charge in [0.15, 0.2) is 0 Å². The molecule has 1 amide bonds. The third-order valence-corrected chi connectivity index (χ3v) is 7.86. The first-order valence-electron chi connectivity index (χ1n) is 9.77. The van der Waals surface area contributed by atoms with Gasteiger partial charge in [-0.3, -0.25) is 4.90 Å². The fourth-order valence-electron chi connectivity index (χ4n) is 4.36. The quantitative estimate of drug-likeness (QED) is 0.755. The molecule has 1 saturated carbocycles. The number of carbonyl (C=O) groups is 1. The van der Waals surface area contributed by atoms with E-state index in [-0.39, 0.29) is 17.5 Å². The van der Waals surface area contributed by atoms with E-state index in [1.165, 1.54) is 51.6 Å². The molecule has 2 aliphatic carbocycles. The Labute approximate surface area is 165 Å². The summed E-state index contributed by atoms with van der Waals surface area (Å²) < 4.78 is 0. The molecule has 1 fully saturated rings. The van der Waals surface area contributed by atoms with Crippen LogP contribution in [0.5, 0.6) is 0 Å². The number of aliphatic imine (C=N–C) groups is 1. The summed E-state index contributed by atoms with van der Waals surface area (Å²) in [5.74, 6) is 0.896. The molecule has 6 heteroatoms. The number of fused-ring (bicyclic) bond motifs is 1. The van der Waals surface area contributed by atoms with Crippen LogP contribution in [0.4, 0.5) is 9.80 Å². The largest absolute Gasteiger partial charge is 0.465 e. The summed E-state index contributed by atoms with van der Waals surface area (Å²) in [5, 5.41) is 10.5. The number of anilines is 1. The van der Waals surface area contributed by atoms with Crippen molar-refractivity contribution in [2.75, 3.05) is 11.6 Å². The lowest BCUT2D eigenvalue weighted by Crippen LogP contribution is -2.36. The summed E-state index contributed by atoms with van der Waals surface area (Å²) in [6.07, 6.45) is 7.29. The predicted molar refractivity (Wildman–Crippen MR) is 111 cm³/mol. The maximum absolute atomic E-state index is 11.2. The van der Waals surface area contributed by atoms with E-state index in [9.17, 15) is 4.79 Å². The van der Waals surface area contributed by atoms with Crippen LogP contribution in [0.1, 0.15) is 69.4 Å². The molecule has 0 spiro atoms. The minimum absolute atomic E-state index is 0.172. The number of amides is 1. The molecule has 4 rings (SSSR count). The van der Waals surface area contributed by atoms with Crippen molar-refractivity contribution in [1.29, 1.82) is 0 Å². The van der Waals surface area contributed by atoms with E-state index >= 15 is 0 Å². The van der Waals surface area contributed by atoms with E-state index in [1.807, 2.05) is 17.4 Å². The van der Waals surface area contributed by atoms with Crippen LogP contribution in [0.25, 0.3) is 0 Å². The molecule has 27 heavy (non-hydrogen) atoms. The minimum atomic E-state index is -0.960. The number of amidine groups is 1. The van der Waals surface area contributed by atoms with Crippen LogP contribution in [-0.2, 0) is 10.8 Å². The highest BCUT2D eigenvalue weighted by Crippen LogP contribution is 2.54. The lowest BCUT2D eigenvalue weighted by Gasteiger charge is -2.39. The number of rotatable bonds is 2. The number of nitrogens with zero attached hydrogens (tertiary/aromatic N) is 3. The van der Waals surface area contributed by atoms with Crippen molar-refractivity contribution in [3.63, 3.8) is 0 Å². The number of hydrogen-bond donors (Lipinski definition) is 1. The van der Waals surface area contributed by atoms with Gasteiger partial charge in [0, 0.05) is 17.1 Å². The smallest absolute Gasteiger partial charge is 0.412 e. The van der Waals surface area contributed by atoms with Gasteiger partial charge in [0.2, 0.25) is 0 Å². The van der Waals surface area contributed by atoms with Gasteiger partial charge in [-0.05, 0) is 60.6 Å². The van der Waals surface area contributed by atoms with E-state index in [2.05, 4.69) is 44.5 Å². The van der Waals surface area contributed by atoms with Crippen LogP contribution in [0.2, 0.25) is 0 Å². The highest BCUT2D eigenvalue weighted by molar-refractivity contribution is 7.17. The van der Waals surface area contributed by atoms with E-state index in [0.29, 0.717) is 6.04 Å². The zero-order valence-electron chi connectivity index (χ0n) is 16.9. The fourth-order valence-corrected chi connectivity index (χ4v) is 6.06. The predicted octanol–water partition coefficient (Wildman–Crippen LogP) is 5.24. The molecule has 0 aromatic carbocycles. The third kappa shape index (κ3) is 3.08. The fraction of sp³-hybridized carbons (Fsp3) is 0.619. The van der Waals surface area contributed by atoms with Gasteiger partial charge in [-0.15, -0.1) is 11.3 Å². The molecule has 5 nitrogen and oxygen atoms in total. The topological polar surface area (TPSA) is 56.1 Å². The molecule has 0 bridgehead atoms. The highest BCUT2D eigenvalue weighted by Gasteiger charge is 2.43. The van der Waals surface area contributed by atoms with Crippen molar-refractivity contribution in [3.05, 3.63) is 28.3 Å². The average molecular weight is 388 g/mol. The molecule has 0 radical (unpaired) electrons. The molecule has 1 N–H and O–H groups in total. The van der Waals surface area contributed by atoms with Gasteiger partial charge in [0.1, 0.15) is 17.5 Å². The van der Waals surface area contributed by atoms with Crippen molar-refractivity contribution >= 4 is 28.3 Å². The average Bonchev–Trinajstić information content (AvgIpc) is 3.36. The Hall–Kier alpha value is -1.82. The Balaban J connectivity index is 1.77. The number of carboxylic acid groups (broad SMARTS) is 1. The van der Waals surface area contributed by atoms with Crippen LogP contribution in [-0.4, -0.2) is 34.6 Å². The van der Waals surface area contributed by atoms with Crippen molar-refractivity contribution < 1.29 is 9.90 Å². The van der Waals surface area contributed by atoms with Crippen molar-refractivity contribution in [2.24, 2.45) is 4.99 Å². The molecule has 2 heterocycles. The maximum atomic E-state index is 11.2. The molecule has 1 aromatic rings. The Morgan fingerprint density at radius 1 is 1.26 bits per heavy atom. The Morgan fingerprint density at radius 2 is 1.93 bits per heavy atom. The summed E-state index contributed by atoms with van der Waals surface area (Å²) in [6.45, 7) is 11.9. The molecule has 1 aromatic heterocycles. The monoisotopic (exact) mass is 387 g/mol.